The molecule has 19 nitrogen and oxygen atoms in total. The van der Waals surface area contributed by atoms with Crippen LogP contribution < -0.4 is 17.0 Å². The first-order valence-electron chi connectivity index (χ1n) is 12.2. The van der Waals surface area contributed by atoms with Crippen molar-refractivity contribution >= 4 is 53.7 Å². The number of imidazole rings is 2. The van der Waals surface area contributed by atoms with Crippen LogP contribution in [0.4, 0.5) is 16.2 Å². The second-order valence-corrected chi connectivity index (χ2v) is 12.2. The number of phosphoric ester groups is 1. The standard InChI is InChI=1S/C20H24FN10O9PS/c21-8-11(33)6(39-18(8)30-4-26-9-14(22)24-3-25-15(9)30)2-38-41(36,37)40-13-12(34)7(1-32)42-19(13)31-5-27-10-16(31)28-20(23)29-17(10)35/h3-8,11-13,18-19,32-34H,1-2H2,(H,36,37)(H2,22,24,25)(H3,23,28,29,35)/t6-,7-,8+,11-,12-,13-,18-,19-/m1/s1. The zero-order valence-corrected chi connectivity index (χ0v) is 22.8. The van der Waals surface area contributed by atoms with Crippen molar-refractivity contribution in [3.8, 4) is 0 Å². The number of aromatic nitrogens is 8. The topological polar surface area (TPSA) is 285 Å². The van der Waals surface area contributed by atoms with E-state index in [-0.39, 0.29) is 34.1 Å². The molecule has 6 rings (SSSR count). The lowest BCUT2D eigenvalue weighted by molar-refractivity contribution is -0.0524. The van der Waals surface area contributed by atoms with Gasteiger partial charge in [0, 0.05) is 0 Å². The molecule has 2 aliphatic rings. The molecule has 0 aromatic carbocycles. The van der Waals surface area contributed by atoms with E-state index in [2.05, 4.69) is 29.9 Å². The van der Waals surface area contributed by atoms with Gasteiger partial charge in [-0.3, -0.25) is 28.0 Å². The van der Waals surface area contributed by atoms with Gasteiger partial charge in [0.15, 0.2) is 35.0 Å². The van der Waals surface area contributed by atoms with E-state index in [1.807, 2.05) is 0 Å². The van der Waals surface area contributed by atoms with Gasteiger partial charge < -0.3 is 36.4 Å². The van der Waals surface area contributed by atoms with Crippen LogP contribution in [0.25, 0.3) is 22.3 Å². The lowest BCUT2D eigenvalue weighted by Gasteiger charge is -2.25. The number of halogens is 1. The number of rotatable bonds is 8. The van der Waals surface area contributed by atoms with Crippen LogP contribution in [0.1, 0.15) is 11.6 Å². The molecule has 2 aliphatic heterocycles. The van der Waals surface area contributed by atoms with Gasteiger partial charge in [0.25, 0.3) is 5.56 Å². The lowest BCUT2D eigenvalue weighted by Crippen LogP contribution is -2.35. The number of H-pyrrole nitrogens is 1. The van der Waals surface area contributed by atoms with Crippen LogP contribution in [-0.2, 0) is 18.3 Å². The number of nitrogen functional groups attached to an aromatic ring is 2. The zero-order chi connectivity index (χ0) is 29.9. The normalized spacial score (nSPS) is 31.3. The summed E-state index contributed by atoms with van der Waals surface area (Å²) >= 11 is 0.971. The summed E-state index contributed by atoms with van der Waals surface area (Å²) in [5.41, 5.74) is 11.0. The number of nitrogens with two attached hydrogens (primary N) is 2. The van der Waals surface area contributed by atoms with Gasteiger partial charge in [-0.1, -0.05) is 0 Å². The Bertz CT molecular complexity index is 1740. The first-order chi connectivity index (χ1) is 20.0. The maximum atomic E-state index is 15.1. The number of hydrogen-bond acceptors (Lipinski definition) is 16. The Morgan fingerprint density at radius 2 is 1.86 bits per heavy atom. The molecule has 0 bridgehead atoms. The number of nitrogens with one attached hydrogen (secondary N) is 1. The molecule has 0 aliphatic carbocycles. The average Bonchev–Trinajstić information content (AvgIpc) is 3.69. The van der Waals surface area contributed by atoms with Crippen LogP contribution in [-0.4, -0.2) is 108 Å². The Morgan fingerprint density at radius 3 is 2.62 bits per heavy atom. The number of fused-ring (bicyclic) bond motifs is 2. The maximum absolute atomic E-state index is 15.1. The van der Waals surface area contributed by atoms with Crippen molar-refractivity contribution in [1.82, 2.24) is 39.0 Å². The average molecular weight is 631 g/mol. The number of aliphatic hydroxyl groups excluding tert-OH is 3. The van der Waals surface area contributed by atoms with Crippen LogP contribution in [0.5, 0.6) is 0 Å². The quantitative estimate of drug-likeness (QED) is 0.106. The fourth-order valence-electron chi connectivity index (χ4n) is 4.81. The Kier molecular flexibility index (Phi) is 7.40. The van der Waals surface area contributed by atoms with Crippen molar-refractivity contribution in [1.29, 1.82) is 0 Å². The molecule has 42 heavy (non-hydrogen) atoms. The highest BCUT2D eigenvalue weighted by Gasteiger charge is 2.50. The second kappa shape index (κ2) is 10.8. The largest absolute Gasteiger partial charge is 0.472 e. The summed E-state index contributed by atoms with van der Waals surface area (Å²) in [6, 6.07) is 0. The van der Waals surface area contributed by atoms with Crippen LogP contribution in [0.15, 0.2) is 23.8 Å². The molecule has 6 heterocycles. The van der Waals surface area contributed by atoms with E-state index in [0.717, 1.165) is 18.1 Å². The number of alkyl halides is 1. The number of hydrogen-bond donors (Lipinski definition) is 7. The van der Waals surface area contributed by atoms with E-state index in [0.29, 0.717) is 0 Å². The van der Waals surface area contributed by atoms with Gasteiger partial charge in [-0.2, -0.15) is 4.98 Å². The van der Waals surface area contributed by atoms with Crippen LogP contribution >= 0.6 is 19.6 Å². The van der Waals surface area contributed by atoms with Gasteiger partial charge in [0.05, 0.1) is 37.2 Å². The molecule has 226 valence electrons. The Morgan fingerprint density at radius 1 is 1.12 bits per heavy atom. The molecule has 9 atom stereocenters. The molecular weight excluding hydrogens is 606 g/mol. The summed E-state index contributed by atoms with van der Waals surface area (Å²) < 4.78 is 46.5. The van der Waals surface area contributed by atoms with Crippen LogP contribution in [0.3, 0.4) is 0 Å². The lowest BCUT2D eigenvalue weighted by atomic mass is 10.1. The van der Waals surface area contributed by atoms with Crippen molar-refractivity contribution < 1.29 is 43.0 Å². The van der Waals surface area contributed by atoms with E-state index in [9.17, 15) is 29.6 Å². The van der Waals surface area contributed by atoms with Crippen LogP contribution in [0.2, 0.25) is 0 Å². The Labute approximate surface area is 237 Å². The minimum atomic E-state index is -5.03. The summed E-state index contributed by atoms with van der Waals surface area (Å²) in [6.07, 6.45) is -6.05. The van der Waals surface area contributed by atoms with Crippen molar-refractivity contribution in [2.45, 2.75) is 47.4 Å². The third-order valence-corrected chi connectivity index (χ3v) is 9.37. The SMILES string of the molecule is Nc1nc2c(ncn2[C@@H]2S[C@H](CO)[C@@H](O)[C@H]2OP(=O)(O)OC[C@H]2O[C@@H](n3cnc4c(N)ncnc43)[C@@H](F)[C@@H]2O)c(=O)[nH]1. The van der Waals surface area contributed by atoms with Crippen molar-refractivity contribution in [3.63, 3.8) is 0 Å². The summed E-state index contributed by atoms with van der Waals surface area (Å²) in [7, 11) is -5.03. The highest BCUT2D eigenvalue weighted by Crippen LogP contribution is 2.53. The van der Waals surface area contributed by atoms with Crippen molar-refractivity contribution in [2.75, 3.05) is 24.7 Å². The molecule has 22 heteroatoms. The molecule has 2 saturated heterocycles. The molecule has 2 fully saturated rings. The predicted molar refractivity (Wildman–Crippen MR) is 141 cm³/mol. The predicted octanol–water partition coefficient (Wildman–Crippen LogP) is -1.81. The number of anilines is 2. The smallest absolute Gasteiger partial charge is 0.395 e. The van der Waals surface area contributed by atoms with E-state index in [4.69, 9.17) is 25.3 Å². The first kappa shape index (κ1) is 28.8. The number of nitrogens with zero attached hydrogens (tertiary/aromatic N) is 7. The molecule has 0 spiro atoms. The Balaban J connectivity index is 1.19. The highest BCUT2D eigenvalue weighted by molar-refractivity contribution is 8.00. The summed E-state index contributed by atoms with van der Waals surface area (Å²) in [4.78, 5) is 44.9. The number of thioether (sulfide) groups is 1. The minimum absolute atomic E-state index is 0.00314. The van der Waals surface area contributed by atoms with Gasteiger partial charge in [-0.15, -0.1) is 11.8 Å². The van der Waals surface area contributed by atoms with Crippen molar-refractivity contribution in [2.24, 2.45) is 0 Å². The maximum Gasteiger partial charge on any atom is 0.472 e. The Hall–Kier alpha value is -3.27. The third-order valence-electron chi connectivity index (χ3n) is 6.83. The first-order valence-corrected chi connectivity index (χ1v) is 14.7. The minimum Gasteiger partial charge on any atom is -0.395 e. The highest BCUT2D eigenvalue weighted by atomic mass is 32.2. The number of aliphatic hydroxyl groups is 3. The molecular formula is C20H24FN10O9PS. The molecule has 0 amide bonds. The number of aromatic amines is 1. The molecule has 0 saturated carbocycles. The summed E-state index contributed by atoms with van der Waals surface area (Å²) in [5, 5.41) is 29.1. The van der Waals surface area contributed by atoms with Crippen LogP contribution in [0, 0.1) is 0 Å². The molecule has 9 N–H and O–H groups in total. The van der Waals surface area contributed by atoms with E-state index in [1.165, 1.54) is 21.8 Å². The fraction of sp³-hybridized carbons (Fsp3) is 0.500. The van der Waals surface area contributed by atoms with Gasteiger partial charge in [0.1, 0.15) is 35.5 Å². The monoisotopic (exact) mass is 630 g/mol. The second-order valence-electron chi connectivity index (χ2n) is 9.43. The van der Waals surface area contributed by atoms with E-state index in [1.54, 1.807) is 0 Å². The summed E-state index contributed by atoms with van der Waals surface area (Å²) in [6.45, 7) is -1.32. The molecule has 4 aromatic rings. The molecule has 4 aromatic heterocycles. The van der Waals surface area contributed by atoms with E-state index < -0.39 is 74.0 Å². The van der Waals surface area contributed by atoms with Gasteiger partial charge >= 0.3 is 7.82 Å². The molecule has 0 radical (unpaired) electrons. The number of ether oxygens (including phenoxy) is 1. The van der Waals surface area contributed by atoms with Crippen molar-refractivity contribution in [3.05, 3.63) is 29.3 Å². The van der Waals surface area contributed by atoms with Gasteiger partial charge in [-0.05, 0) is 0 Å². The van der Waals surface area contributed by atoms with E-state index >= 15 is 4.39 Å². The zero-order valence-electron chi connectivity index (χ0n) is 21.1. The third kappa shape index (κ3) is 4.91. The molecule has 1 unspecified atom stereocenters. The van der Waals surface area contributed by atoms with Gasteiger partial charge in [-0.25, -0.2) is 28.9 Å². The summed E-state index contributed by atoms with van der Waals surface area (Å²) in [5.74, 6) is -0.168. The fourth-order valence-corrected chi connectivity index (χ4v) is 7.25. The number of phosphoric acid groups is 1. The van der Waals surface area contributed by atoms with Gasteiger partial charge in [0.2, 0.25) is 5.95 Å².